The van der Waals surface area contributed by atoms with Gasteiger partial charge in [0.1, 0.15) is 17.2 Å². The second-order valence-corrected chi connectivity index (χ2v) is 9.17. The fourth-order valence-electron chi connectivity index (χ4n) is 4.30. The van der Waals surface area contributed by atoms with Crippen molar-refractivity contribution in [2.24, 2.45) is 0 Å². The summed E-state index contributed by atoms with van der Waals surface area (Å²) >= 11 is 3.65. The molecule has 4 nitrogen and oxygen atoms in total. The molecule has 6 rings (SSSR count). The Morgan fingerprint density at radius 3 is 1.97 bits per heavy atom. The molecule has 0 aliphatic carbocycles. The Balaban J connectivity index is 1.65. The summed E-state index contributed by atoms with van der Waals surface area (Å²) in [6.07, 6.45) is 2.89. The Labute approximate surface area is 200 Å². The number of benzene rings is 4. The highest BCUT2D eigenvalue weighted by atomic mass is 79.9. The van der Waals surface area contributed by atoms with Gasteiger partial charge in [-0.3, -0.25) is 0 Å². The normalized spacial score (nSPS) is 13.1. The molecule has 166 valence electrons. The maximum absolute atomic E-state index is 10.8. The van der Waals surface area contributed by atoms with Crippen LogP contribution in [0.2, 0.25) is 0 Å². The number of aryl methyl sites for hydroxylation is 3. The minimum Gasteiger partial charge on any atom is -0.507 e. The van der Waals surface area contributed by atoms with Crippen molar-refractivity contribution < 1.29 is 20.1 Å². The molecule has 0 unspecified atom stereocenters. The molecule has 4 aromatic carbocycles. The summed E-state index contributed by atoms with van der Waals surface area (Å²) in [5, 5.41) is 31.8. The quantitative estimate of drug-likeness (QED) is 0.244. The monoisotopic (exact) mass is 502 g/mol. The predicted octanol–water partition coefficient (Wildman–Crippen LogP) is 6.91. The van der Waals surface area contributed by atoms with Gasteiger partial charge in [0.25, 0.3) is 0 Å². The number of halogens is 1. The molecular formula is C28H23BrO4. The molecule has 0 fully saturated rings. The number of hydrogen-bond donors (Lipinski definition) is 3. The summed E-state index contributed by atoms with van der Waals surface area (Å²) in [4.78, 5) is 0. The van der Waals surface area contributed by atoms with Crippen LogP contribution in [-0.4, -0.2) is 15.3 Å². The number of ether oxygens (including phenoxy) is 1. The van der Waals surface area contributed by atoms with Crippen molar-refractivity contribution in [3.05, 3.63) is 99.5 Å². The van der Waals surface area contributed by atoms with Gasteiger partial charge in [0, 0.05) is 15.6 Å². The molecule has 2 heterocycles. The van der Waals surface area contributed by atoms with E-state index in [1.54, 1.807) is 18.2 Å². The van der Waals surface area contributed by atoms with E-state index in [1.807, 2.05) is 54.6 Å². The van der Waals surface area contributed by atoms with Gasteiger partial charge in [0.15, 0.2) is 11.5 Å². The molecule has 0 saturated heterocycles. The Morgan fingerprint density at radius 2 is 1.21 bits per heavy atom. The maximum Gasteiger partial charge on any atom is 0.169 e. The third-order valence-electron chi connectivity index (χ3n) is 6.11. The lowest BCUT2D eigenvalue weighted by Gasteiger charge is -2.16. The molecule has 0 atom stereocenters. The number of hydrogen-bond acceptors (Lipinski definition) is 4. The zero-order valence-corrected chi connectivity index (χ0v) is 19.5. The zero-order chi connectivity index (χ0) is 22.9. The van der Waals surface area contributed by atoms with Gasteiger partial charge in [-0.15, -0.1) is 0 Å². The van der Waals surface area contributed by atoms with Crippen LogP contribution >= 0.6 is 15.9 Å². The van der Waals surface area contributed by atoms with Gasteiger partial charge in [0.2, 0.25) is 0 Å². The third-order valence-corrected chi connectivity index (χ3v) is 6.85. The van der Waals surface area contributed by atoms with E-state index in [1.165, 1.54) is 0 Å². The maximum atomic E-state index is 10.8. The van der Waals surface area contributed by atoms with Crippen LogP contribution in [0.15, 0.2) is 77.3 Å². The van der Waals surface area contributed by atoms with Gasteiger partial charge >= 0.3 is 0 Å². The van der Waals surface area contributed by atoms with E-state index in [0.29, 0.717) is 29.0 Å². The molecule has 2 aliphatic heterocycles. The molecule has 4 aromatic rings. The van der Waals surface area contributed by atoms with E-state index in [0.717, 1.165) is 46.0 Å². The van der Waals surface area contributed by atoms with E-state index in [-0.39, 0.29) is 17.2 Å². The van der Waals surface area contributed by atoms with E-state index in [4.69, 9.17) is 4.74 Å². The SMILES string of the molecule is Oc1ccc2cc1Oc1ccc(cc1)CCc1c(Br)ccc(O)c1-c1cc(ccc1O)CC2. The van der Waals surface area contributed by atoms with Crippen LogP contribution in [0.25, 0.3) is 11.1 Å². The first-order valence-corrected chi connectivity index (χ1v) is 11.7. The summed E-state index contributed by atoms with van der Waals surface area (Å²) < 4.78 is 6.85. The summed E-state index contributed by atoms with van der Waals surface area (Å²) in [5.74, 6) is 1.47. The van der Waals surface area contributed by atoms with Crippen LogP contribution in [0, 0.1) is 0 Å². The van der Waals surface area contributed by atoms with Crippen molar-refractivity contribution >= 4 is 15.9 Å². The predicted molar refractivity (Wildman–Crippen MR) is 132 cm³/mol. The molecule has 0 aromatic heterocycles. The lowest BCUT2D eigenvalue weighted by Crippen LogP contribution is -1.98. The van der Waals surface area contributed by atoms with E-state index < -0.39 is 0 Å². The number of phenols is 3. The number of phenolic OH excluding ortho intramolecular Hbond substituents is 3. The van der Waals surface area contributed by atoms with Gasteiger partial charge < -0.3 is 20.1 Å². The second kappa shape index (κ2) is 8.83. The second-order valence-electron chi connectivity index (χ2n) is 8.32. The van der Waals surface area contributed by atoms with Crippen molar-refractivity contribution in [2.75, 3.05) is 0 Å². The highest BCUT2D eigenvalue weighted by Gasteiger charge is 2.18. The Kier molecular flexibility index (Phi) is 5.73. The Hall–Kier alpha value is -3.44. The number of aromatic hydroxyl groups is 3. The summed E-state index contributed by atoms with van der Waals surface area (Å²) in [5.41, 5.74) is 5.41. The summed E-state index contributed by atoms with van der Waals surface area (Å²) in [6.45, 7) is 0. The lowest BCUT2D eigenvalue weighted by atomic mass is 9.92. The molecule has 5 heteroatoms. The average molecular weight is 503 g/mol. The summed E-state index contributed by atoms with van der Waals surface area (Å²) in [6, 6.07) is 22.2. The first-order valence-electron chi connectivity index (χ1n) is 10.9. The van der Waals surface area contributed by atoms with E-state index in [2.05, 4.69) is 15.9 Å². The first kappa shape index (κ1) is 21.4. The van der Waals surface area contributed by atoms with E-state index in [9.17, 15) is 15.3 Å². The van der Waals surface area contributed by atoms with Crippen LogP contribution in [-0.2, 0) is 25.7 Å². The molecular weight excluding hydrogens is 480 g/mol. The molecule has 6 bridgehead atoms. The smallest absolute Gasteiger partial charge is 0.169 e. The molecule has 0 saturated carbocycles. The molecule has 3 N–H and O–H groups in total. The van der Waals surface area contributed by atoms with Crippen molar-refractivity contribution in [2.45, 2.75) is 25.7 Å². The topological polar surface area (TPSA) is 69.9 Å². The van der Waals surface area contributed by atoms with Gasteiger partial charge in [0.05, 0.1) is 0 Å². The summed E-state index contributed by atoms with van der Waals surface area (Å²) in [7, 11) is 0. The largest absolute Gasteiger partial charge is 0.507 e. The standard InChI is InChI=1S/C28H23BrO4/c29-23-11-14-26(32)28-21(23)10-5-17-3-8-20(9-4-17)33-27-16-19(7-13-25(27)31)2-1-18-6-12-24(30)22(28)15-18/h3-4,6-9,11-16,30-32H,1-2,5,10H2. The van der Waals surface area contributed by atoms with Crippen molar-refractivity contribution in [1.82, 2.24) is 0 Å². The van der Waals surface area contributed by atoms with Crippen LogP contribution in [0.3, 0.4) is 0 Å². The van der Waals surface area contributed by atoms with Crippen molar-refractivity contribution in [3.8, 4) is 39.9 Å². The molecule has 33 heavy (non-hydrogen) atoms. The lowest BCUT2D eigenvalue weighted by molar-refractivity contribution is 0.410. The molecule has 0 radical (unpaired) electrons. The van der Waals surface area contributed by atoms with Crippen LogP contribution in [0.4, 0.5) is 0 Å². The molecule has 2 aliphatic rings. The molecule has 0 spiro atoms. The highest BCUT2D eigenvalue weighted by Crippen LogP contribution is 2.42. The van der Waals surface area contributed by atoms with Crippen LogP contribution < -0.4 is 4.74 Å². The van der Waals surface area contributed by atoms with Crippen LogP contribution in [0.5, 0.6) is 28.7 Å². The minimum atomic E-state index is 0.100. The highest BCUT2D eigenvalue weighted by molar-refractivity contribution is 9.10. The van der Waals surface area contributed by atoms with Gasteiger partial charge in [-0.25, -0.2) is 0 Å². The van der Waals surface area contributed by atoms with Crippen LogP contribution in [0.1, 0.15) is 22.3 Å². The third kappa shape index (κ3) is 4.41. The van der Waals surface area contributed by atoms with Crippen molar-refractivity contribution in [3.63, 3.8) is 0 Å². The number of fused-ring (bicyclic) bond motifs is 4. The fraction of sp³-hybridized carbons (Fsp3) is 0.143. The average Bonchev–Trinajstić information content (AvgIpc) is 2.82. The number of rotatable bonds is 0. The van der Waals surface area contributed by atoms with Gasteiger partial charge in [-0.2, -0.15) is 0 Å². The minimum absolute atomic E-state index is 0.100. The Bertz CT molecular complexity index is 1330. The first-order chi connectivity index (χ1) is 16.0. The van der Waals surface area contributed by atoms with E-state index >= 15 is 0 Å². The Morgan fingerprint density at radius 1 is 0.606 bits per heavy atom. The fourth-order valence-corrected chi connectivity index (χ4v) is 4.83. The van der Waals surface area contributed by atoms with Crippen molar-refractivity contribution in [1.29, 1.82) is 0 Å². The zero-order valence-electron chi connectivity index (χ0n) is 17.9. The molecule has 0 amide bonds. The van der Waals surface area contributed by atoms with Gasteiger partial charge in [-0.05, 0) is 96.5 Å². The van der Waals surface area contributed by atoms with Gasteiger partial charge in [-0.1, -0.05) is 40.2 Å².